The highest BCUT2D eigenvalue weighted by Gasteiger charge is 2.33. The quantitative estimate of drug-likeness (QED) is 0.740. The number of rotatable bonds is 4. The number of hydrogen-bond acceptors (Lipinski definition) is 3. The fourth-order valence-electron chi connectivity index (χ4n) is 1.18. The largest absolute Gasteiger partial charge is 0.418 e. The van der Waals surface area contributed by atoms with E-state index in [9.17, 15) is 13.2 Å². The van der Waals surface area contributed by atoms with E-state index in [1.54, 1.807) is 0 Å². The number of aliphatic hydroxyl groups is 2. The molecule has 0 aromatic heterocycles. The lowest BCUT2D eigenvalue weighted by Crippen LogP contribution is -2.24. The molecule has 6 heteroatoms. The molecule has 0 amide bonds. The smallest absolute Gasteiger partial charge is 0.394 e. The van der Waals surface area contributed by atoms with Gasteiger partial charge in [0.25, 0.3) is 0 Å². The second kappa shape index (κ2) is 5.18. The van der Waals surface area contributed by atoms with Crippen molar-refractivity contribution in [2.24, 2.45) is 0 Å². The van der Waals surface area contributed by atoms with Gasteiger partial charge >= 0.3 is 6.18 Å². The van der Waals surface area contributed by atoms with Gasteiger partial charge in [-0.3, -0.25) is 0 Å². The van der Waals surface area contributed by atoms with Gasteiger partial charge in [-0.25, -0.2) is 0 Å². The van der Waals surface area contributed by atoms with Crippen molar-refractivity contribution in [1.82, 2.24) is 0 Å². The number of halogens is 3. The number of para-hydroxylation sites is 1. The molecule has 0 saturated heterocycles. The number of aliphatic hydroxyl groups excluding tert-OH is 2. The molecular formula is C10H12F3NO2. The zero-order chi connectivity index (χ0) is 12.2. The van der Waals surface area contributed by atoms with Crippen molar-refractivity contribution in [2.75, 3.05) is 18.5 Å². The third-order valence-electron chi connectivity index (χ3n) is 1.97. The zero-order valence-electron chi connectivity index (χ0n) is 8.33. The molecule has 16 heavy (non-hydrogen) atoms. The molecule has 90 valence electrons. The highest BCUT2D eigenvalue weighted by atomic mass is 19.4. The first-order valence-electron chi connectivity index (χ1n) is 4.64. The minimum Gasteiger partial charge on any atom is -0.394 e. The maximum absolute atomic E-state index is 12.5. The lowest BCUT2D eigenvalue weighted by Gasteiger charge is -2.15. The second-order valence-corrected chi connectivity index (χ2v) is 3.26. The molecule has 0 fully saturated rings. The minimum atomic E-state index is -4.44. The summed E-state index contributed by atoms with van der Waals surface area (Å²) in [6.45, 7) is -0.634. The van der Waals surface area contributed by atoms with Crippen LogP contribution in [0, 0.1) is 0 Å². The molecule has 1 aromatic rings. The Balaban J connectivity index is 2.80. The van der Waals surface area contributed by atoms with Crippen molar-refractivity contribution in [2.45, 2.75) is 12.3 Å². The standard InChI is InChI=1S/C10H12F3NO2/c11-10(12,13)8-3-1-2-4-9(8)14-5-7(16)6-15/h1-4,7,14-16H,5-6H2/t7-/m0/s1. The maximum Gasteiger partial charge on any atom is 0.418 e. The van der Waals surface area contributed by atoms with E-state index in [-0.39, 0.29) is 12.2 Å². The van der Waals surface area contributed by atoms with Gasteiger partial charge in [-0.15, -0.1) is 0 Å². The number of alkyl halides is 3. The van der Waals surface area contributed by atoms with E-state index in [1.165, 1.54) is 18.2 Å². The van der Waals surface area contributed by atoms with Crippen LogP contribution in [-0.2, 0) is 6.18 Å². The fourth-order valence-corrected chi connectivity index (χ4v) is 1.18. The van der Waals surface area contributed by atoms with Crippen molar-refractivity contribution in [3.8, 4) is 0 Å². The number of benzene rings is 1. The highest BCUT2D eigenvalue weighted by molar-refractivity contribution is 5.52. The first-order chi connectivity index (χ1) is 7.45. The molecule has 0 aliphatic carbocycles. The Morgan fingerprint density at radius 2 is 1.88 bits per heavy atom. The van der Waals surface area contributed by atoms with Crippen molar-refractivity contribution in [1.29, 1.82) is 0 Å². The van der Waals surface area contributed by atoms with Gasteiger partial charge in [0.15, 0.2) is 0 Å². The van der Waals surface area contributed by atoms with Gasteiger partial charge in [-0.1, -0.05) is 12.1 Å². The maximum atomic E-state index is 12.5. The van der Waals surface area contributed by atoms with Crippen molar-refractivity contribution >= 4 is 5.69 Å². The van der Waals surface area contributed by atoms with Crippen LogP contribution < -0.4 is 5.32 Å². The topological polar surface area (TPSA) is 52.5 Å². The summed E-state index contributed by atoms with van der Waals surface area (Å²) in [6, 6.07) is 4.97. The van der Waals surface area contributed by atoms with Crippen molar-refractivity contribution in [3.63, 3.8) is 0 Å². The third kappa shape index (κ3) is 3.39. The molecule has 1 atom stereocenters. The van der Waals surface area contributed by atoms with Crippen LogP contribution in [0.15, 0.2) is 24.3 Å². The SMILES string of the molecule is OC[C@@H](O)CNc1ccccc1C(F)(F)F. The van der Waals surface area contributed by atoms with Crippen LogP contribution in [-0.4, -0.2) is 29.5 Å². The summed E-state index contributed by atoms with van der Waals surface area (Å²) in [5.41, 5.74) is -0.900. The summed E-state index contributed by atoms with van der Waals surface area (Å²) >= 11 is 0. The van der Waals surface area contributed by atoms with Gasteiger partial charge in [0.1, 0.15) is 0 Å². The van der Waals surface area contributed by atoms with Crippen LogP contribution in [0.3, 0.4) is 0 Å². The Hall–Kier alpha value is -1.27. The summed E-state index contributed by atoms with van der Waals surface area (Å²) in [6.07, 6.45) is -5.52. The van der Waals surface area contributed by atoms with Gasteiger partial charge in [0.2, 0.25) is 0 Å². The monoisotopic (exact) mass is 235 g/mol. The van der Waals surface area contributed by atoms with E-state index >= 15 is 0 Å². The number of nitrogens with one attached hydrogen (secondary N) is 1. The Morgan fingerprint density at radius 3 is 2.44 bits per heavy atom. The lowest BCUT2D eigenvalue weighted by atomic mass is 10.1. The second-order valence-electron chi connectivity index (χ2n) is 3.26. The van der Waals surface area contributed by atoms with E-state index in [0.29, 0.717) is 0 Å². The molecule has 0 spiro atoms. The summed E-state index contributed by atoms with van der Waals surface area (Å²) in [5, 5.41) is 20.0. The predicted octanol–water partition coefficient (Wildman–Crippen LogP) is 1.47. The van der Waals surface area contributed by atoms with E-state index in [2.05, 4.69) is 5.32 Å². The van der Waals surface area contributed by atoms with E-state index < -0.39 is 24.5 Å². The van der Waals surface area contributed by atoms with Crippen molar-refractivity contribution < 1.29 is 23.4 Å². The molecule has 0 aliphatic heterocycles. The Bertz CT molecular complexity index is 341. The summed E-state index contributed by atoms with van der Waals surface area (Å²) < 4.78 is 37.5. The van der Waals surface area contributed by atoms with Gasteiger partial charge in [-0.05, 0) is 12.1 Å². The van der Waals surface area contributed by atoms with E-state index in [1.807, 2.05) is 0 Å². The third-order valence-corrected chi connectivity index (χ3v) is 1.97. The minimum absolute atomic E-state index is 0.109. The van der Waals surface area contributed by atoms with Crippen LogP contribution in [0.5, 0.6) is 0 Å². The molecule has 0 saturated carbocycles. The molecule has 0 heterocycles. The molecule has 3 nitrogen and oxygen atoms in total. The zero-order valence-corrected chi connectivity index (χ0v) is 8.33. The number of anilines is 1. The van der Waals surface area contributed by atoms with Crippen LogP contribution in [0.2, 0.25) is 0 Å². The average Bonchev–Trinajstić information content (AvgIpc) is 2.25. The van der Waals surface area contributed by atoms with Gasteiger partial charge in [-0.2, -0.15) is 13.2 Å². The fraction of sp³-hybridized carbons (Fsp3) is 0.400. The lowest BCUT2D eigenvalue weighted by molar-refractivity contribution is -0.137. The van der Waals surface area contributed by atoms with Crippen LogP contribution in [0.1, 0.15) is 5.56 Å². The Morgan fingerprint density at radius 1 is 1.25 bits per heavy atom. The Kier molecular flexibility index (Phi) is 4.14. The van der Waals surface area contributed by atoms with E-state index in [4.69, 9.17) is 10.2 Å². The van der Waals surface area contributed by atoms with Crippen molar-refractivity contribution in [3.05, 3.63) is 29.8 Å². The van der Waals surface area contributed by atoms with Crippen LogP contribution >= 0.6 is 0 Å². The molecular weight excluding hydrogens is 223 g/mol. The number of hydrogen-bond donors (Lipinski definition) is 3. The average molecular weight is 235 g/mol. The Labute approximate surface area is 90.5 Å². The summed E-state index contributed by atoms with van der Waals surface area (Å²) in [7, 11) is 0. The van der Waals surface area contributed by atoms with Crippen LogP contribution in [0.4, 0.5) is 18.9 Å². The predicted molar refractivity (Wildman–Crippen MR) is 53.0 cm³/mol. The van der Waals surface area contributed by atoms with Gasteiger partial charge in [0.05, 0.1) is 18.3 Å². The normalized spacial score (nSPS) is 13.6. The molecule has 1 aromatic carbocycles. The molecule has 0 unspecified atom stereocenters. The van der Waals surface area contributed by atoms with Crippen LogP contribution in [0.25, 0.3) is 0 Å². The molecule has 3 N–H and O–H groups in total. The first-order valence-corrected chi connectivity index (χ1v) is 4.64. The van der Waals surface area contributed by atoms with Gasteiger partial charge < -0.3 is 15.5 Å². The van der Waals surface area contributed by atoms with E-state index in [0.717, 1.165) is 6.07 Å². The molecule has 0 aliphatic rings. The van der Waals surface area contributed by atoms with Gasteiger partial charge in [0, 0.05) is 12.2 Å². The molecule has 0 bridgehead atoms. The molecule has 1 rings (SSSR count). The summed E-state index contributed by atoms with van der Waals surface area (Å²) in [5.74, 6) is 0. The first kappa shape index (κ1) is 12.8. The summed E-state index contributed by atoms with van der Waals surface area (Å²) in [4.78, 5) is 0. The molecule has 0 radical (unpaired) electrons. The highest BCUT2D eigenvalue weighted by Crippen LogP contribution is 2.34.